The first-order valence-electron chi connectivity index (χ1n) is 7.05. The molecule has 1 rings (SSSR count). The van der Waals surface area contributed by atoms with E-state index in [2.05, 4.69) is 38.2 Å². The fraction of sp³-hybridized carbons (Fsp3) is 0.625. The second kappa shape index (κ2) is 7.51. The Labute approximate surface area is 117 Å². The van der Waals surface area contributed by atoms with E-state index in [0.717, 1.165) is 18.7 Å². The molecule has 1 atom stereocenters. The maximum absolute atomic E-state index is 9.02. The molecule has 0 saturated heterocycles. The quantitative estimate of drug-likeness (QED) is 0.758. The average Bonchev–Trinajstić information content (AvgIpc) is 2.37. The molecule has 0 bridgehead atoms. The lowest BCUT2D eigenvalue weighted by Gasteiger charge is -2.26. The minimum absolute atomic E-state index is 0.119. The summed E-state index contributed by atoms with van der Waals surface area (Å²) in [5.41, 5.74) is 1.37. The van der Waals surface area contributed by atoms with Crippen LogP contribution in [0.15, 0.2) is 24.3 Å². The van der Waals surface area contributed by atoms with Gasteiger partial charge in [0.1, 0.15) is 5.75 Å². The number of ether oxygens (including phenoxy) is 1. The van der Waals surface area contributed by atoms with E-state index in [1.807, 2.05) is 19.1 Å². The van der Waals surface area contributed by atoms with Crippen molar-refractivity contribution >= 4 is 0 Å². The highest BCUT2D eigenvalue weighted by Gasteiger charge is 2.18. The molecule has 2 N–H and O–H groups in total. The second-order valence-electron chi connectivity index (χ2n) is 5.74. The first kappa shape index (κ1) is 16.0. The first-order chi connectivity index (χ1) is 8.98. The summed E-state index contributed by atoms with van der Waals surface area (Å²) in [5.74, 6) is 0.916. The van der Waals surface area contributed by atoms with Gasteiger partial charge in [0.05, 0.1) is 6.61 Å². The molecule has 1 aromatic rings. The van der Waals surface area contributed by atoms with E-state index in [0.29, 0.717) is 12.6 Å². The normalized spacial score (nSPS) is 13.3. The van der Waals surface area contributed by atoms with E-state index in [1.54, 1.807) is 0 Å². The minimum atomic E-state index is 0.119. The fourth-order valence-corrected chi connectivity index (χ4v) is 1.96. The molecule has 0 amide bonds. The fourth-order valence-electron chi connectivity index (χ4n) is 1.96. The summed E-state index contributed by atoms with van der Waals surface area (Å²) in [6, 6.07) is 8.52. The van der Waals surface area contributed by atoms with Crippen LogP contribution >= 0.6 is 0 Å². The molecule has 3 nitrogen and oxygen atoms in total. The second-order valence-corrected chi connectivity index (χ2v) is 5.74. The van der Waals surface area contributed by atoms with Crippen molar-refractivity contribution in [3.63, 3.8) is 0 Å². The zero-order valence-electron chi connectivity index (χ0n) is 12.6. The van der Waals surface area contributed by atoms with Crippen molar-refractivity contribution in [1.82, 2.24) is 5.32 Å². The van der Waals surface area contributed by atoms with Crippen molar-refractivity contribution in [3.05, 3.63) is 29.8 Å². The molecule has 1 aromatic carbocycles. The molecule has 19 heavy (non-hydrogen) atoms. The number of benzene rings is 1. The molecule has 3 heteroatoms. The number of nitrogens with one attached hydrogen (secondary N) is 1. The van der Waals surface area contributed by atoms with E-state index in [9.17, 15) is 0 Å². The molecule has 0 saturated carbocycles. The number of aliphatic hydroxyl groups excluding tert-OH is 1. The summed E-state index contributed by atoms with van der Waals surface area (Å²) in [5, 5.41) is 12.5. The van der Waals surface area contributed by atoms with Crippen LogP contribution in [-0.4, -0.2) is 24.9 Å². The Morgan fingerprint density at radius 2 is 1.89 bits per heavy atom. The lowest BCUT2D eigenvalue weighted by Crippen LogP contribution is -2.32. The van der Waals surface area contributed by atoms with E-state index in [-0.39, 0.29) is 12.0 Å². The lowest BCUT2D eigenvalue weighted by molar-refractivity contribution is 0.203. The highest BCUT2D eigenvalue weighted by molar-refractivity contribution is 5.28. The van der Waals surface area contributed by atoms with Crippen LogP contribution in [0.2, 0.25) is 0 Å². The van der Waals surface area contributed by atoms with Crippen molar-refractivity contribution < 1.29 is 9.84 Å². The third-order valence-corrected chi connectivity index (χ3v) is 3.37. The zero-order chi connectivity index (χ0) is 14.3. The maximum atomic E-state index is 9.02. The predicted octanol–water partition coefficient (Wildman–Crippen LogP) is 3.14. The number of hydrogen-bond donors (Lipinski definition) is 2. The molecule has 108 valence electrons. The Hall–Kier alpha value is -1.06. The van der Waals surface area contributed by atoms with Crippen molar-refractivity contribution in [2.45, 2.75) is 40.2 Å². The molecule has 0 radical (unpaired) electrons. The summed E-state index contributed by atoms with van der Waals surface area (Å²) < 4.78 is 5.44. The highest BCUT2D eigenvalue weighted by Crippen LogP contribution is 2.22. The van der Waals surface area contributed by atoms with Crippen LogP contribution in [0.25, 0.3) is 0 Å². The summed E-state index contributed by atoms with van der Waals surface area (Å²) >= 11 is 0. The highest BCUT2D eigenvalue weighted by atomic mass is 16.5. The van der Waals surface area contributed by atoms with E-state index < -0.39 is 0 Å². The van der Waals surface area contributed by atoms with E-state index >= 15 is 0 Å². The lowest BCUT2D eigenvalue weighted by atomic mass is 9.89. The van der Waals surface area contributed by atoms with Crippen molar-refractivity contribution in [2.75, 3.05) is 19.8 Å². The predicted molar refractivity (Wildman–Crippen MR) is 79.5 cm³/mol. The third-order valence-electron chi connectivity index (χ3n) is 3.37. The third kappa shape index (κ3) is 5.62. The Morgan fingerprint density at radius 3 is 2.42 bits per heavy atom. The van der Waals surface area contributed by atoms with Gasteiger partial charge in [-0.1, -0.05) is 26.0 Å². The largest absolute Gasteiger partial charge is 0.494 e. The van der Waals surface area contributed by atoms with Gasteiger partial charge in [0.2, 0.25) is 0 Å². The van der Waals surface area contributed by atoms with Gasteiger partial charge in [0.15, 0.2) is 0 Å². The molecule has 1 unspecified atom stereocenters. The van der Waals surface area contributed by atoms with Crippen LogP contribution in [-0.2, 0) is 0 Å². The van der Waals surface area contributed by atoms with Crippen molar-refractivity contribution in [2.24, 2.45) is 5.41 Å². The van der Waals surface area contributed by atoms with Gasteiger partial charge < -0.3 is 15.2 Å². The van der Waals surface area contributed by atoms with Gasteiger partial charge in [-0.3, -0.25) is 0 Å². The summed E-state index contributed by atoms with van der Waals surface area (Å²) in [4.78, 5) is 0. The van der Waals surface area contributed by atoms with Crippen LogP contribution in [0.5, 0.6) is 5.75 Å². The number of aliphatic hydroxyl groups is 1. The van der Waals surface area contributed by atoms with Crippen LogP contribution < -0.4 is 10.1 Å². The molecule has 0 aromatic heterocycles. The first-order valence-corrected chi connectivity index (χ1v) is 7.05. The van der Waals surface area contributed by atoms with Crippen LogP contribution in [0.1, 0.15) is 45.7 Å². The molecular weight excluding hydrogens is 238 g/mol. The SMILES string of the molecule is CCOc1ccc(C(C)NCC(C)(C)CCO)cc1. The number of hydrogen-bond acceptors (Lipinski definition) is 3. The van der Waals surface area contributed by atoms with Crippen molar-refractivity contribution in [3.8, 4) is 5.75 Å². The van der Waals surface area contributed by atoms with Crippen molar-refractivity contribution in [1.29, 1.82) is 0 Å². The summed E-state index contributed by atoms with van der Waals surface area (Å²) in [7, 11) is 0. The van der Waals surface area contributed by atoms with Gasteiger partial charge in [-0.2, -0.15) is 0 Å². The van der Waals surface area contributed by atoms with E-state index in [4.69, 9.17) is 9.84 Å². The monoisotopic (exact) mass is 265 g/mol. The Kier molecular flexibility index (Phi) is 6.32. The van der Waals surface area contributed by atoms with Gasteiger partial charge >= 0.3 is 0 Å². The molecule has 0 aliphatic carbocycles. The molecule has 0 aliphatic heterocycles. The topological polar surface area (TPSA) is 41.5 Å². The molecule has 0 aliphatic rings. The molecule has 0 heterocycles. The van der Waals surface area contributed by atoms with Gasteiger partial charge in [-0.15, -0.1) is 0 Å². The number of rotatable bonds is 8. The average molecular weight is 265 g/mol. The van der Waals surface area contributed by atoms with Crippen LogP contribution in [0.4, 0.5) is 0 Å². The minimum Gasteiger partial charge on any atom is -0.494 e. The Bertz CT molecular complexity index is 360. The van der Waals surface area contributed by atoms with Gasteiger partial charge in [-0.25, -0.2) is 0 Å². The summed E-state index contributed by atoms with van der Waals surface area (Å²) in [6.45, 7) is 10.3. The van der Waals surface area contributed by atoms with Gasteiger partial charge in [0.25, 0.3) is 0 Å². The standard InChI is InChI=1S/C16H27NO2/c1-5-19-15-8-6-14(7-9-15)13(2)17-12-16(3,4)10-11-18/h6-9,13,17-18H,5,10-12H2,1-4H3. The molecular formula is C16H27NO2. The Balaban J connectivity index is 2.51. The summed E-state index contributed by atoms with van der Waals surface area (Å²) in [6.07, 6.45) is 0.815. The maximum Gasteiger partial charge on any atom is 0.119 e. The Morgan fingerprint density at radius 1 is 1.26 bits per heavy atom. The van der Waals surface area contributed by atoms with Crippen LogP contribution in [0, 0.1) is 5.41 Å². The van der Waals surface area contributed by atoms with Gasteiger partial charge in [0, 0.05) is 19.2 Å². The zero-order valence-corrected chi connectivity index (χ0v) is 12.6. The van der Waals surface area contributed by atoms with Crippen LogP contribution in [0.3, 0.4) is 0 Å². The molecule has 0 spiro atoms. The van der Waals surface area contributed by atoms with Gasteiger partial charge in [-0.05, 0) is 43.4 Å². The van der Waals surface area contributed by atoms with E-state index in [1.165, 1.54) is 5.56 Å². The smallest absolute Gasteiger partial charge is 0.119 e. The molecule has 0 fully saturated rings.